The van der Waals surface area contributed by atoms with Crippen LogP contribution in [0.5, 0.6) is 0 Å². The molecule has 1 aliphatic rings. The molecule has 1 aliphatic heterocycles. The topological polar surface area (TPSA) is 70.6 Å². The molecule has 0 N–H and O–H groups in total. The van der Waals surface area contributed by atoms with Gasteiger partial charge in [-0.05, 0) is 42.0 Å². The summed E-state index contributed by atoms with van der Waals surface area (Å²) < 4.78 is 40.2. The van der Waals surface area contributed by atoms with Crippen LogP contribution in [-0.2, 0) is 16.6 Å². The lowest BCUT2D eigenvalue weighted by atomic mass is 10.2. The molecule has 0 saturated carbocycles. The first-order valence-corrected chi connectivity index (χ1v) is 9.54. The van der Waals surface area contributed by atoms with Gasteiger partial charge in [0.25, 0.3) is 10.0 Å². The van der Waals surface area contributed by atoms with Crippen LogP contribution in [0, 0.1) is 5.82 Å². The van der Waals surface area contributed by atoms with Crippen molar-refractivity contribution in [3.05, 3.63) is 84.3 Å². The normalized spacial score (nSPS) is 15.5. The van der Waals surface area contributed by atoms with Gasteiger partial charge < -0.3 is 0 Å². The number of pyridine rings is 1. The number of sulfonamides is 1. The van der Waals surface area contributed by atoms with Crippen molar-refractivity contribution in [1.82, 2.24) is 9.29 Å². The number of carbonyl (C=O) groups is 1. The van der Waals surface area contributed by atoms with Crippen molar-refractivity contribution >= 4 is 27.6 Å². The van der Waals surface area contributed by atoms with E-state index < -0.39 is 21.9 Å². The fourth-order valence-corrected chi connectivity index (χ4v) is 4.37. The molecule has 2 aromatic carbocycles. The zero-order chi connectivity index (χ0) is 19.0. The zero-order valence-corrected chi connectivity index (χ0v) is 14.8. The van der Waals surface area contributed by atoms with Crippen LogP contribution in [0.15, 0.2) is 77.8 Å². The number of hydrogen-bond donors (Lipinski definition) is 0. The van der Waals surface area contributed by atoms with Gasteiger partial charge in [0.1, 0.15) is 10.7 Å². The summed E-state index contributed by atoms with van der Waals surface area (Å²) in [5, 5.41) is 0. The molecular weight excluding hydrogens is 369 g/mol. The van der Waals surface area contributed by atoms with E-state index in [-0.39, 0.29) is 17.3 Å². The minimum Gasteiger partial charge on any atom is -0.246 e. The third kappa shape index (κ3) is 2.93. The summed E-state index contributed by atoms with van der Waals surface area (Å²) in [5.74, 6) is -0.461. The van der Waals surface area contributed by atoms with Crippen LogP contribution < -0.4 is 4.90 Å². The maximum absolute atomic E-state index is 13.3. The molecule has 1 aromatic heterocycles. The van der Waals surface area contributed by atoms with Crippen LogP contribution in [0.4, 0.5) is 20.7 Å². The molecule has 0 saturated heterocycles. The lowest BCUT2D eigenvalue weighted by molar-refractivity contribution is 0.229. The van der Waals surface area contributed by atoms with E-state index in [9.17, 15) is 17.6 Å². The predicted molar refractivity (Wildman–Crippen MR) is 97.3 cm³/mol. The van der Waals surface area contributed by atoms with Crippen molar-refractivity contribution in [2.24, 2.45) is 0 Å². The predicted octanol–water partition coefficient (Wildman–Crippen LogP) is 3.68. The standard InChI is InChI=1S/C19H14FN3O3S/c20-15-8-10-16(11-9-15)23-18-17(7-4-12-21-18)27(25,26)22(19(23)24)13-14-5-2-1-3-6-14/h1-12H,13H2. The molecule has 0 bridgehead atoms. The SMILES string of the molecule is O=C1N(c2ccc(F)cc2)c2ncccc2S(=O)(=O)N1Cc1ccccc1. The smallest absolute Gasteiger partial charge is 0.246 e. The van der Waals surface area contributed by atoms with Gasteiger partial charge in [0.15, 0.2) is 5.82 Å². The van der Waals surface area contributed by atoms with Gasteiger partial charge in [-0.1, -0.05) is 30.3 Å². The summed E-state index contributed by atoms with van der Waals surface area (Å²) in [6, 6.07) is 16.2. The molecule has 2 amide bonds. The molecule has 136 valence electrons. The van der Waals surface area contributed by atoms with Gasteiger partial charge in [-0.15, -0.1) is 0 Å². The fourth-order valence-electron chi connectivity index (χ4n) is 2.90. The van der Waals surface area contributed by atoms with E-state index >= 15 is 0 Å². The van der Waals surface area contributed by atoms with Crippen LogP contribution in [0.2, 0.25) is 0 Å². The molecule has 6 nitrogen and oxygen atoms in total. The maximum atomic E-state index is 13.3. The largest absolute Gasteiger partial charge is 0.344 e. The number of aromatic nitrogens is 1. The molecule has 0 radical (unpaired) electrons. The minimum atomic E-state index is -4.07. The zero-order valence-electron chi connectivity index (χ0n) is 14.0. The average molecular weight is 383 g/mol. The second-order valence-corrected chi connectivity index (χ2v) is 7.75. The molecule has 8 heteroatoms. The molecule has 0 spiro atoms. The highest BCUT2D eigenvalue weighted by molar-refractivity contribution is 7.90. The lowest BCUT2D eigenvalue weighted by Gasteiger charge is -2.35. The molecule has 0 atom stereocenters. The first-order valence-electron chi connectivity index (χ1n) is 8.10. The Morgan fingerprint density at radius 1 is 0.926 bits per heavy atom. The summed E-state index contributed by atoms with van der Waals surface area (Å²) in [4.78, 5) is 18.3. The molecule has 0 unspecified atom stereocenters. The molecule has 0 aliphatic carbocycles. The second-order valence-electron chi connectivity index (χ2n) is 5.92. The highest BCUT2D eigenvalue weighted by Crippen LogP contribution is 2.37. The Bertz CT molecular complexity index is 1100. The Hall–Kier alpha value is -3.26. The van der Waals surface area contributed by atoms with Crippen molar-refractivity contribution < 1.29 is 17.6 Å². The van der Waals surface area contributed by atoms with E-state index in [1.165, 1.54) is 47.5 Å². The van der Waals surface area contributed by atoms with Crippen LogP contribution in [0.3, 0.4) is 0 Å². The Morgan fingerprint density at radius 3 is 2.33 bits per heavy atom. The summed E-state index contributed by atoms with van der Waals surface area (Å²) in [6.45, 7) is -0.117. The molecule has 27 heavy (non-hydrogen) atoms. The van der Waals surface area contributed by atoms with Crippen molar-refractivity contribution in [3.63, 3.8) is 0 Å². The summed E-state index contributed by atoms with van der Waals surface area (Å²) >= 11 is 0. The number of anilines is 2. The number of urea groups is 1. The Balaban J connectivity index is 1.87. The first-order chi connectivity index (χ1) is 13.0. The van der Waals surface area contributed by atoms with Gasteiger partial charge >= 0.3 is 6.03 Å². The Morgan fingerprint density at radius 2 is 1.63 bits per heavy atom. The molecule has 2 heterocycles. The average Bonchev–Trinajstić information content (AvgIpc) is 2.68. The molecule has 3 aromatic rings. The van der Waals surface area contributed by atoms with Crippen LogP contribution in [0.25, 0.3) is 0 Å². The van der Waals surface area contributed by atoms with Gasteiger partial charge in [0.2, 0.25) is 0 Å². The number of carbonyl (C=O) groups excluding carboxylic acids is 1. The van der Waals surface area contributed by atoms with Gasteiger partial charge in [-0.2, -0.15) is 0 Å². The molecule has 4 rings (SSSR count). The Kier molecular flexibility index (Phi) is 4.12. The quantitative estimate of drug-likeness (QED) is 0.692. The van der Waals surface area contributed by atoms with Crippen molar-refractivity contribution in [2.75, 3.05) is 4.90 Å². The number of rotatable bonds is 3. The number of halogens is 1. The second kappa shape index (κ2) is 6.48. The fraction of sp³-hybridized carbons (Fsp3) is 0.0526. The summed E-state index contributed by atoms with van der Waals surface area (Å²) in [7, 11) is -4.07. The highest BCUT2D eigenvalue weighted by atomic mass is 32.2. The first kappa shape index (κ1) is 17.2. The minimum absolute atomic E-state index is 0.00146. The number of benzene rings is 2. The maximum Gasteiger partial charge on any atom is 0.344 e. The lowest BCUT2D eigenvalue weighted by Crippen LogP contribution is -2.48. The number of amides is 2. The third-order valence-electron chi connectivity index (χ3n) is 4.19. The van der Waals surface area contributed by atoms with E-state index in [0.29, 0.717) is 11.3 Å². The number of nitrogens with zero attached hydrogens (tertiary/aromatic N) is 3. The summed E-state index contributed by atoms with van der Waals surface area (Å²) in [6.07, 6.45) is 1.41. The van der Waals surface area contributed by atoms with E-state index in [4.69, 9.17) is 0 Å². The number of hydrogen-bond acceptors (Lipinski definition) is 4. The number of fused-ring (bicyclic) bond motifs is 1. The molecule has 0 fully saturated rings. The van der Waals surface area contributed by atoms with Crippen LogP contribution in [0.1, 0.15) is 5.56 Å². The van der Waals surface area contributed by atoms with Gasteiger partial charge in [-0.3, -0.25) is 0 Å². The van der Waals surface area contributed by atoms with Crippen molar-refractivity contribution in [3.8, 4) is 0 Å². The van der Waals surface area contributed by atoms with E-state index in [1.807, 2.05) is 0 Å². The summed E-state index contributed by atoms with van der Waals surface area (Å²) in [5.41, 5.74) is 0.995. The van der Waals surface area contributed by atoms with E-state index in [2.05, 4.69) is 4.98 Å². The van der Waals surface area contributed by atoms with Crippen LogP contribution >= 0.6 is 0 Å². The highest BCUT2D eigenvalue weighted by Gasteiger charge is 2.43. The van der Waals surface area contributed by atoms with Crippen molar-refractivity contribution in [1.29, 1.82) is 0 Å². The van der Waals surface area contributed by atoms with E-state index in [1.54, 1.807) is 30.3 Å². The van der Waals surface area contributed by atoms with Crippen LogP contribution in [-0.4, -0.2) is 23.7 Å². The van der Waals surface area contributed by atoms with Crippen molar-refractivity contribution in [2.45, 2.75) is 11.4 Å². The van der Waals surface area contributed by atoms with Gasteiger partial charge in [-0.25, -0.2) is 31.8 Å². The Labute approximate surface area is 155 Å². The van der Waals surface area contributed by atoms with Gasteiger partial charge in [0.05, 0.1) is 12.2 Å². The monoisotopic (exact) mass is 383 g/mol. The van der Waals surface area contributed by atoms with E-state index in [0.717, 1.165) is 4.31 Å². The van der Waals surface area contributed by atoms with Gasteiger partial charge in [0, 0.05) is 6.20 Å². The molecular formula is C19H14FN3O3S. The third-order valence-corrected chi connectivity index (χ3v) is 5.93.